The van der Waals surface area contributed by atoms with Crippen LogP contribution in [0.5, 0.6) is 17.2 Å². The van der Waals surface area contributed by atoms with Crippen LogP contribution >= 0.6 is 0 Å². The lowest BCUT2D eigenvalue weighted by molar-refractivity contribution is -0.384. The molecule has 0 saturated heterocycles. The van der Waals surface area contributed by atoms with Gasteiger partial charge in [-0.25, -0.2) is 0 Å². The maximum atomic E-state index is 12.3. The molecule has 3 aromatic rings. The topological polar surface area (TPSA) is 99.9 Å². The summed E-state index contributed by atoms with van der Waals surface area (Å²) in [4.78, 5) is 22.8. The maximum Gasteiger partial charge on any atom is 0.271 e. The summed E-state index contributed by atoms with van der Waals surface area (Å²) < 4.78 is 16.4. The molecule has 0 fully saturated rings. The standard InChI is InChI=1S/C24H22N2O6/c1-30-21-12-10-19(26(28)29)15-20(21)25-24(27)13-9-17-8-11-22(23(14-17)31-2)32-16-18-6-4-3-5-7-18/h3-15H,16H2,1-2H3,(H,25,27)/b13-9+. The second-order valence-corrected chi connectivity index (χ2v) is 6.65. The van der Waals surface area contributed by atoms with Gasteiger partial charge in [0.1, 0.15) is 12.4 Å². The summed E-state index contributed by atoms with van der Waals surface area (Å²) in [6.45, 7) is 0.403. The van der Waals surface area contributed by atoms with Crippen molar-refractivity contribution in [2.24, 2.45) is 0 Å². The Labute approximate surface area is 185 Å². The third kappa shape index (κ3) is 5.85. The minimum atomic E-state index is -0.543. The number of amides is 1. The van der Waals surface area contributed by atoms with E-state index in [1.54, 1.807) is 31.4 Å². The Morgan fingerprint density at radius 1 is 0.969 bits per heavy atom. The minimum Gasteiger partial charge on any atom is -0.495 e. The first-order valence-corrected chi connectivity index (χ1v) is 9.66. The number of nitro groups is 1. The lowest BCUT2D eigenvalue weighted by Gasteiger charge is -2.11. The predicted molar refractivity (Wildman–Crippen MR) is 121 cm³/mol. The highest BCUT2D eigenvalue weighted by Gasteiger charge is 2.13. The SMILES string of the molecule is COc1ccc([N+](=O)[O-])cc1NC(=O)/C=C/c1ccc(OCc2ccccc2)c(OC)c1. The molecule has 0 saturated carbocycles. The zero-order valence-electron chi connectivity index (χ0n) is 17.6. The molecule has 8 heteroatoms. The van der Waals surface area contributed by atoms with Crippen molar-refractivity contribution in [2.45, 2.75) is 6.61 Å². The van der Waals surface area contributed by atoms with Gasteiger partial charge in [-0.3, -0.25) is 14.9 Å². The Balaban J connectivity index is 1.69. The number of carbonyl (C=O) groups is 1. The Bertz CT molecular complexity index is 1130. The molecule has 0 atom stereocenters. The molecule has 0 aliphatic carbocycles. The molecule has 0 heterocycles. The van der Waals surface area contributed by atoms with Crippen LogP contribution in [0.4, 0.5) is 11.4 Å². The van der Waals surface area contributed by atoms with E-state index in [1.807, 2.05) is 30.3 Å². The molecule has 0 spiro atoms. The second kappa shape index (κ2) is 10.6. The molecule has 0 unspecified atom stereocenters. The first-order chi connectivity index (χ1) is 15.5. The fourth-order valence-corrected chi connectivity index (χ4v) is 2.90. The molecule has 0 aliphatic rings. The first-order valence-electron chi connectivity index (χ1n) is 9.66. The van der Waals surface area contributed by atoms with Crippen molar-refractivity contribution >= 4 is 23.4 Å². The highest BCUT2D eigenvalue weighted by molar-refractivity contribution is 6.03. The van der Waals surface area contributed by atoms with E-state index in [-0.39, 0.29) is 11.4 Å². The van der Waals surface area contributed by atoms with Gasteiger partial charge in [0.05, 0.1) is 24.8 Å². The number of anilines is 1. The zero-order valence-corrected chi connectivity index (χ0v) is 17.6. The summed E-state index contributed by atoms with van der Waals surface area (Å²) in [6, 6.07) is 19.0. The van der Waals surface area contributed by atoms with E-state index in [0.717, 1.165) is 11.1 Å². The van der Waals surface area contributed by atoms with Crippen LogP contribution in [-0.4, -0.2) is 25.1 Å². The van der Waals surface area contributed by atoms with Crippen molar-refractivity contribution in [1.82, 2.24) is 0 Å². The average Bonchev–Trinajstić information content (AvgIpc) is 2.82. The molecule has 1 amide bonds. The van der Waals surface area contributed by atoms with E-state index < -0.39 is 10.8 Å². The highest BCUT2D eigenvalue weighted by atomic mass is 16.6. The van der Waals surface area contributed by atoms with Crippen LogP contribution in [0.15, 0.2) is 72.8 Å². The Hall–Kier alpha value is -4.33. The molecule has 8 nitrogen and oxygen atoms in total. The van der Waals surface area contributed by atoms with Crippen LogP contribution in [0.25, 0.3) is 6.08 Å². The lowest BCUT2D eigenvalue weighted by Crippen LogP contribution is -2.09. The number of ether oxygens (including phenoxy) is 3. The number of nitrogens with zero attached hydrogens (tertiary/aromatic N) is 1. The normalized spacial score (nSPS) is 10.6. The number of rotatable bonds is 9. The minimum absolute atomic E-state index is 0.152. The van der Waals surface area contributed by atoms with Crippen molar-refractivity contribution in [2.75, 3.05) is 19.5 Å². The largest absolute Gasteiger partial charge is 0.495 e. The van der Waals surface area contributed by atoms with E-state index in [2.05, 4.69) is 5.32 Å². The fourth-order valence-electron chi connectivity index (χ4n) is 2.90. The molecular weight excluding hydrogens is 412 g/mol. The summed E-state index contributed by atoms with van der Waals surface area (Å²) in [5.74, 6) is 0.967. The molecule has 0 aliphatic heterocycles. The zero-order chi connectivity index (χ0) is 22.9. The number of non-ortho nitro benzene ring substituents is 1. The van der Waals surface area contributed by atoms with Crippen molar-refractivity contribution in [1.29, 1.82) is 0 Å². The van der Waals surface area contributed by atoms with Crippen LogP contribution in [0.3, 0.4) is 0 Å². The smallest absolute Gasteiger partial charge is 0.271 e. The molecule has 3 rings (SSSR count). The van der Waals surface area contributed by atoms with E-state index in [0.29, 0.717) is 23.9 Å². The molecular formula is C24H22N2O6. The average molecular weight is 434 g/mol. The van der Waals surface area contributed by atoms with Crippen LogP contribution in [0, 0.1) is 10.1 Å². The van der Waals surface area contributed by atoms with Crippen molar-refractivity contribution in [3.05, 3.63) is 94.0 Å². The van der Waals surface area contributed by atoms with Gasteiger partial charge in [-0.05, 0) is 35.4 Å². The molecule has 1 N–H and O–H groups in total. The van der Waals surface area contributed by atoms with E-state index in [4.69, 9.17) is 14.2 Å². The molecule has 0 aromatic heterocycles. The van der Waals surface area contributed by atoms with Crippen molar-refractivity contribution in [3.63, 3.8) is 0 Å². The number of carbonyl (C=O) groups excluding carboxylic acids is 1. The van der Waals surface area contributed by atoms with Gasteiger partial charge in [-0.15, -0.1) is 0 Å². The van der Waals surface area contributed by atoms with Gasteiger partial charge in [0.15, 0.2) is 11.5 Å². The summed E-state index contributed by atoms with van der Waals surface area (Å²) >= 11 is 0. The lowest BCUT2D eigenvalue weighted by atomic mass is 10.2. The summed E-state index contributed by atoms with van der Waals surface area (Å²) in [5, 5.41) is 13.6. The van der Waals surface area contributed by atoms with Gasteiger partial charge >= 0.3 is 0 Å². The van der Waals surface area contributed by atoms with E-state index >= 15 is 0 Å². The monoisotopic (exact) mass is 434 g/mol. The Morgan fingerprint density at radius 3 is 2.38 bits per heavy atom. The third-order valence-electron chi connectivity index (χ3n) is 4.50. The number of benzene rings is 3. The number of nitro benzene ring substituents is 1. The third-order valence-corrected chi connectivity index (χ3v) is 4.50. The quantitative estimate of drug-likeness (QED) is 0.294. The van der Waals surface area contributed by atoms with E-state index in [1.165, 1.54) is 31.4 Å². The van der Waals surface area contributed by atoms with Gasteiger partial charge in [-0.2, -0.15) is 0 Å². The first kappa shape index (κ1) is 22.4. The molecule has 0 radical (unpaired) electrons. The second-order valence-electron chi connectivity index (χ2n) is 6.65. The van der Waals surface area contributed by atoms with E-state index in [9.17, 15) is 14.9 Å². The number of methoxy groups -OCH3 is 2. The molecule has 164 valence electrons. The number of hydrogen-bond donors (Lipinski definition) is 1. The number of hydrogen-bond acceptors (Lipinski definition) is 6. The molecule has 0 bridgehead atoms. The van der Waals surface area contributed by atoms with Crippen LogP contribution in [-0.2, 0) is 11.4 Å². The van der Waals surface area contributed by atoms with Gasteiger partial charge in [0.25, 0.3) is 5.69 Å². The summed E-state index contributed by atoms with van der Waals surface area (Å²) in [6.07, 6.45) is 2.92. The summed E-state index contributed by atoms with van der Waals surface area (Å²) in [7, 11) is 2.96. The Kier molecular flexibility index (Phi) is 7.42. The van der Waals surface area contributed by atoms with Gasteiger partial charge in [0, 0.05) is 18.2 Å². The van der Waals surface area contributed by atoms with Crippen molar-refractivity contribution < 1.29 is 23.9 Å². The molecule has 3 aromatic carbocycles. The maximum absolute atomic E-state index is 12.3. The molecule has 32 heavy (non-hydrogen) atoms. The number of nitrogens with one attached hydrogen (secondary N) is 1. The van der Waals surface area contributed by atoms with Crippen LogP contribution in [0.1, 0.15) is 11.1 Å². The summed E-state index contributed by atoms with van der Waals surface area (Å²) in [5.41, 5.74) is 1.81. The van der Waals surface area contributed by atoms with Gasteiger partial charge < -0.3 is 19.5 Å². The fraction of sp³-hybridized carbons (Fsp3) is 0.125. The predicted octanol–water partition coefficient (Wildman–Crippen LogP) is 4.84. The van der Waals surface area contributed by atoms with Crippen LogP contribution in [0.2, 0.25) is 0 Å². The van der Waals surface area contributed by atoms with Gasteiger partial charge in [0.2, 0.25) is 5.91 Å². The van der Waals surface area contributed by atoms with Crippen LogP contribution < -0.4 is 19.5 Å². The highest BCUT2D eigenvalue weighted by Crippen LogP contribution is 2.30. The van der Waals surface area contributed by atoms with Gasteiger partial charge in [-0.1, -0.05) is 36.4 Å². The Morgan fingerprint density at radius 2 is 1.69 bits per heavy atom. The van der Waals surface area contributed by atoms with Crippen molar-refractivity contribution in [3.8, 4) is 17.2 Å².